The van der Waals surface area contributed by atoms with Crippen molar-refractivity contribution in [2.24, 2.45) is 0 Å². The summed E-state index contributed by atoms with van der Waals surface area (Å²) >= 11 is 0. The van der Waals surface area contributed by atoms with E-state index < -0.39 is 0 Å². The Hall–Kier alpha value is -0.160. The summed E-state index contributed by atoms with van der Waals surface area (Å²) in [7, 11) is 6.06. The number of nitrogens with one attached hydrogen (secondary N) is 3. The molecule has 3 N–H and O–H groups in total. The first kappa shape index (κ1) is 15.8. The molecule has 0 amide bonds. The van der Waals surface area contributed by atoms with Gasteiger partial charge in [-0.1, -0.05) is 0 Å². The highest BCUT2D eigenvalue weighted by atomic mass is 15.2. The van der Waals surface area contributed by atoms with E-state index in [0.29, 0.717) is 18.1 Å². The quantitative estimate of drug-likeness (QED) is 0.526. The van der Waals surface area contributed by atoms with Crippen LogP contribution in [0, 0.1) is 0 Å². The molecule has 0 aromatic heterocycles. The predicted molar refractivity (Wildman–Crippen MR) is 72.0 cm³/mol. The van der Waals surface area contributed by atoms with Crippen molar-refractivity contribution in [2.45, 2.75) is 38.9 Å². The van der Waals surface area contributed by atoms with Gasteiger partial charge in [0.1, 0.15) is 0 Å². The van der Waals surface area contributed by atoms with Gasteiger partial charge in [0, 0.05) is 37.8 Å². The van der Waals surface area contributed by atoms with Gasteiger partial charge in [0.15, 0.2) is 0 Å². The molecule has 0 rings (SSSR count). The van der Waals surface area contributed by atoms with Gasteiger partial charge in [-0.05, 0) is 41.9 Å². The third-order valence-corrected chi connectivity index (χ3v) is 3.07. The fourth-order valence-corrected chi connectivity index (χ4v) is 1.66. The zero-order valence-corrected chi connectivity index (χ0v) is 11.8. The third-order valence-electron chi connectivity index (χ3n) is 3.07. The van der Waals surface area contributed by atoms with E-state index in [0.717, 1.165) is 19.6 Å². The Morgan fingerprint density at radius 3 is 1.12 bits per heavy atom. The fraction of sp³-hybridized carbons (Fsp3) is 1.00. The van der Waals surface area contributed by atoms with E-state index >= 15 is 0 Å². The van der Waals surface area contributed by atoms with Crippen molar-refractivity contribution in [3.8, 4) is 0 Å². The van der Waals surface area contributed by atoms with Gasteiger partial charge in [0.05, 0.1) is 0 Å². The molecule has 0 saturated heterocycles. The van der Waals surface area contributed by atoms with E-state index in [1.54, 1.807) is 0 Å². The van der Waals surface area contributed by atoms with E-state index in [9.17, 15) is 0 Å². The molecule has 0 heterocycles. The van der Waals surface area contributed by atoms with Crippen molar-refractivity contribution in [2.75, 3.05) is 40.8 Å². The smallest absolute Gasteiger partial charge is 0.0163 e. The Bertz CT molecular complexity index is 135. The van der Waals surface area contributed by atoms with Crippen LogP contribution in [0.25, 0.3) is 0 Å². The van der Waals surface area contributed by atoms with Gasteiger partial charge in [0.25, 0.3) is 0 Å². The summed E-state index contributed by atoms with van der Waals surface area (Å²) < 4.78 is 0. The first-order chi connectivity index (χ1) is 7.53. The summed E-state index contributed by atoms with van der Waals surface area (Å²) in [5.74, 6) is 0. The summed E-state index contributed by atoms with van der Waals surface area (Å²) in [5, 5.41) is 9.89. The van der Waals surface area contributed by atoms with Gasteiger partial charge in [-0.25, -0.2) is 0 Å². The number of hydrogen-bond acceptors (Lipinski definition) is 4. The summed E-state index contributed by atoms with van der Waals surface area (Å²) in [6.45, 7) is 9.95. The minimum absolute atomic E-state index is 0.535. The lowest BCUT2D eigenvalue weighted by Crippen LogP contribution is -2.47. The Balaban J connectivity index is 4.15. The highest BCUT2D eigenvalue weighted by Crippen LogP contribution is 1.97. The van der Waals surface area contributed by atoms with Crippen LogP contribution >= 0.6 is 0 Å². The number of hydrogen-bond donors (Lipinski definition) is 3. The summed E-state index contributed by atoms with van der Waals surface area (Å²) in [6, 6.07) is 1.61. The Morgan fingerprint density at radius 2 is 0.938 bits per heavy atom. The van der Waals surface area contributed by atoms with E-state index in [1.807, 2.05) is 21.1 Å². The SMILES string of the molecule is CN[C@@H](C)CN(C[C@H](C)NC)C[C@H](C)NC. The van der Waals surface area contributed by atoms with Crippen LogP contribution in [0.5, 0.6) is 0 Å². The molecule has 0 saturated carbocycles. The molecule has 0 aromatic rings. The van der Waals surface area contributed by atoms with Crippen molar-refractivity contribution in [3.63, 3.8) is 0 Å². The number of nitrogens with zero attached hydrogens (tertiary/aromatic N) is 1. The Morgan fingerprint density at radius 1 is 0.688 bits per heavy atom. The normalized spacial score (nSPS) is 17.4. The van der Waals surface area contributed by atoms with Crippen molar-refractivity contribution in [3.05, 3.63) is 0 Å². The summed E-state index contributed by atoms with van der Waals surface area (Å²) in [6.07, 6.45) is 0. The van der Waals surface area contributed by atoms with Crippen LogP contribution in [0.4, 0.5) is 0 Å². The molecular formula is C12H30N4. The van der Waals surface area contributed by atoms with Gasteiger partial charge in [-0.15, -0.1) is 0 Å². The first-order valence-corrected chi connectivity index (χ1v) is 6.27. The molecule has 0 fully saturated rings. The Kier molecular flexibility index (Phi) is 8.84. The van der Waals surface area contributed by atoms with E-state index in [-0.39, 0.29) is 0 Å². The first-order valence-electron chi connectivity index (χ1n) is 6.27. The summed E-state index contributed by atoms with van der Waals surface area (Å²) in [4.78, 5) is 2.50. The highest BCUT2D eigenvalue weighted by molar-refractivity contribution is 4.74. The molecule has 0 spiro atoms. The zero-order valence-electron chi connectivity index (χ0n) is 11.8. The van der Waals surface area contributed by atoms with Gasteiger partial charge in [-0.2, -0.15) is 0 Å². The average Bonchev–Trinajstić information content (AvgIpc) is 2.28. The fourth-order valence-electron chi connectivity index (χ4n) is 1.66. The maximum Gasteiger partial charge on any atom is 0.0163 e. The van der Waals surface area contributed by atoms with Crippen LogP contribution in [0.15, 0.2) is 0 Å². The topological polar surface area (TPSA) is 39.3 Å². The molecule has 0 aliphatic heterocycles. The largest absolute Gasteiger partial charge is 0.316 e. The van der Waals surface area contributed by atoms with Crippen molar-refractivity contribution in [1.82, 2.24) is 20.9 Å². The molecule has 0 unspecified atom stereocenters. The van der Waals surface area contributed by atoms with Gasteiger partial charge in [-0.3, -0.25) is 4.90 Å². The molecule has 4 heteroatoms. The molecule has 0 bridgehead atoms. The van der Waals surface area contributed by atoms with Crippen LogP contribution in [0.3, 0.4) is 0 Å². The molecule has 0 aliphatic carbocycles. The lowest BCUT2D eigenvalue weighted by Gasteiger charge is -2.30. The number of likely N-dealkylation sites (N-methyl/N-ethyl adjacent to an activating group) is 3. The molecule has 3 atom stereocenters. The van der Waals surface area contributed by atoms with Crippen molar-refractivity contribution in [1.29, 1.82) is 0 Å². The van der Waals surface area contributed by atoms with Crippen LogP contribution < -0.4 is 16.0 Å². The molecule has 0 aliphatic rings. The van der Waals surface area contributed by atoms with Crippen LogP contribution in [-0.2, 0) is 0 Å². The molecule has 98 valence electrons. The second-order valence-corrected chi connectivity index (χ2v) is 4.79. The molecule has 0 radical (unpaired) electrons. The highest BCUT2D eigenvalue weighted by Gasteiger charge is 2.14. The van der Waals surface area contributed by atoms with Crippen LogP contribution in [0.1, 0.15) is 20.8 Å². The second-order valence-electron chi connectivity index (χ2n) is 4.79. The van der Waals surface area contributed by atoms with Gasteiger partial charge < -0.3 is 16.0 Å². The van der Waals surface area contributed by atoms with Gasteiger partial charge >= 0.3 is 0 Å². The molecule has 16 heavy (non-hydrogen) atoms. The molecular weight excluding hydrogens is 200 g/mol. The predicted octanol–water partition coefficient (Wildman–Crippen LogP) is 0.112. The zero-order chi connectivity index (χ0) is 12.6. The standard InChI is InChI=1S/C12H30N4/c1-10(13-4)7-16(8-11(2)14-5)9-12(3)15-6/h10-15H,7-9H2,1-6H3/t10-,11-,12-/m0/s1. The van der Waals surface area contributed by atoms with Crippen LogP contribution in [-0.4, -0.2) is 63.8 Å². The third kappa shape index (κ3) is 7.17. The average molecular weight is 230 g/mol. The lowest BCUT2D eigenvalue weighted by atomic mass is 10.2. The maximum absolute atomic E-state index is 3.30. The van der Waals surface area contributed by atoms with E-state index in [2.05, 4.69) is 41.6 Å². The lowest BCUT2D eigenvalue weighted by molar-refractivity contribution is 0.215. The summed E-state index contributed by atoms with van der Waals surface area (Å²) in [5.41, 5.74) is 0. The van der Waals surface area contributed by atoms with E-state index in [4.69, 9.17) is 0 Å². The monoisotopic (exact) mass is 230 g/mol. The molecule has 0 aromatic carbocycles. The van der Waals surface area contributed by atoms with Gasteiger partial charge in [0.2, 0.25) is 0 Å². The Labute approximate surface area is 101 Å². The maximum atomic E-state index is 3.30. The number of rotatable bonds is 9. The molecule has 4 nitrogen and oxygen atoms in total. The van der Waals surface area contributed by atoms with E-state index in [1.165, 1.54) is 0 Å². The van der Waals surface area contributed by atoms with Crippen molar-refractivity contribution >= 4 is 0 Å². The second kappa shape index (κ2) is 8.93. The van der Waals surface area contributed by atoms with Crippen molar-refractivity contribution < 1.29 is 0 Å². The van der Waals surface area contributed by atoms with Crippen LogP contribution in [0.2, 0.25) is 0 Å². The minimum atomic E-state index is 0.535. The minimum Gasteiger partial charge on any atom is -0.316 e.